The van der Waals surface area contributed by atoms with Crippen LogP contribution in [0.3, 0.4) is 0 Å². The van der Waals surface area contributed by atoms with Gasteiger partial charge in [-0.3, -0.25) is 19.2 Å². The fourth-order valence-electron chi connectivity index (χ4n) is 16.9. The van der Waals surface area contributed by atoms with Gasteiger partial charge in [0.1, 0.15) is 17.7 Å². The zero-order valence-corrected chi connectivity index (χ0v) is 59.5. The highest BCUT2D eigenvalue weighted by Gasteiger charge is 2.47. The van der Waals surface area contributed by atoms with Gasteiger partial charge in [-0.15, -0.1) is 0 Å². The van der Waals surface area contributed by atoms with E-state index in [-0.39, 0.29) is 79.8 Å². The summed E-state index contributed by atoms with van der Waals surface area (Å²) in [5.74, 6) is 0.377. The van der Waals surface area contributed by atoms with Gasteiger partial charge in [0.05, 0.1) is 18.3 Å². The van der Waals surface area contributed by atoms with Crippen LogP contribution in [-0.2, 0) is 45.4 Å². The molecule has 0 bridgehead atoms. The van der Waals surface area contributed by atoms with Crippen molar-refractivity contribution < 1.29 is 40.7 Å². The zero-order chi connectivity index (χ0) is 67.1. The summed E-state index contributed by atoms with van der Waals surface area (Å²) in [5.41, 5.74) is 7.86. The first-order valence-corrected chi connectivity index (χ1v) is 37.8. The molecular weight excluding hydrogens is 1190 g/mol. The molecule has 0 saturated carbocycles. The second kappa shape index (κ2) is 30.7. The average molecular weight is 1310 g/mol. The summed E-state index contributed by atoms with van der Waals surface area (Å²) in [5, 5.41) is 6.55. The number of likely N-dealkylation sites (tertiary alicyclic amines) is 5. The van der Waals surface area contributed by atoms with E-state index < -0.39 is 16.1 Å². The Balaban J connectivity index is 0.000000227. The molecule has 3 N–H and O–H groups in total. The number of piperidine rings is 5. The van der Waals surface area contributed by atoms with Crippen LogP contribution in [0.4, 0.5) is 8.78 Å². The molecule has 14 nitrogen and oxygen atoms in total. The summed E-state index contributed by atoms with van der Waals surface area (Å²) in [6.45, 7) is 33.3. The quantitative estimate of drug-likeness (QED) is 0.152. The molecule has 5 aliphatic heterocycles. The molecule has 0 unspecified atom stereocenters. The molecule has 17 heteroatoms. The predicted octanol–water partition coefficient (Wildman–Crippen LogP) is 13.9. The maximum atomic E-state index is 14.4. The molecule has 11 rings (SSSR count). The smallest absolute Gasteiger partial charge is 0.243 e. The second-order valence-corrected chi connectivity index (χ2v) is 34.2. The lowest BCUT2D eigenvalue weighted by atomic mass is 9.63. The fraction of sp³-hybridized carbons (Fsp3) is 0.711. The highest BCUT2D eigenvalue weighted by Crippen LogP contribution is 2.51. The van der Waals surface area contributed by atoms with Crippen LogP contribution in [0.1, 0.15) is 253 Å². The molecule has 5 heterocycles. The minimum atomic E-state index is -3.19. The van der Waals surface area contributed by atoms with Crippen LogP contribution in [0.5, 0.6) is 0 Å². The normalized spacial score (nSPS) is 24.2. The summed E-state index contributed by atoms with van der Waals surface area (Å²) >= 11 is 0. The Hall–Kier alpha value is -4.81. The van der Waals surface area contributed by atoms with E-state index in [9.17, 15) is 36.4 Å². The number of halogens is 2. The van der Waals surface area contributed by atoms with Crippen molar-refractivity contribution in [3.8, 4) is 0 Å². The molecule has 3 aromatic carbocycles. The number of carbonyl (C=O) groups is 4. The van der Waals surface area contributed by atoms with Crippen LogP contribution < -0.4 is 15.4 Å². The summed E-state index contributed by atoms with van der Waals surface area (Å²) in [6.07, 6.45) is 21.2. The third-order valence-electron chi connectivity index (χ3n) is 22.9. The van der Waals surface area contributed by atoms with Crippen molar-refractivity contribution in [1.29, 1.82) is 0 Å². The first-order valence-electron chi connectivity index (χ1n) is 35.9. The van der Waals surface area contributed by atoms with Gasteiger partial charge in [0, 0.05) is 49.7 Å². The number of fused-ring (bicyclic) bond motifs is 6. The van der Waals surface area contributed by atoms with Crippen molar-refractivity contribution in [1.82, 2.24) is 39.9 Å². The molecule has 4 atom stereocenters. The molecule has 4 amide bonds. The van der Waals surface area contributed by atoms with E-state index in [1.165, 1.54) is 62.1 Å². The van der Waals surface area contributed by atoms with Gasteiger partial charge in [-0.1, -0.05) is 91.8 Å². The van der Waals surface area contributed by atoms with E-state index in [0.717, 1.165) is 158 Å². The summed E-state index contributed by atoms with van der Waals surface area (Å²) in [6, 6.07) is 18.2. The van der Waals surface area contributed by atoms with Gasteiger partial charge in [-0.05, 0) is 278 Å². The zero-order valence-electron chi connectivity index (χ0n) is 58.7. The number of nitrogens with one attached hydrogen (secondary N) is 3. The van der Waals surface area contributed by atoms with E-state index in [4.69, 9.17) is 0 Å². The Morgan fingerprint density at radius 2 is 0.978 bits per heavy atom. The molecule has 0 aromatic heterocycles. The van der Waals surface area contributed by atoms with E-state index in [1.807, 2.05) is 23.1 Å². The minimum absolute atomic E-state index is 0. The second-order valence-electron chi connectivity index (χ2n) is 32.4. The number of nitrogens with zero attached hydrogens (tertiary/aromatic N) is 5. The number of sulfonamides is 1. The maximum Gasteiger partial charge on any atom is 0.243 e. The summed E-state index contributed by atoms with van der Waals surface area (Å²) < 4.78 is 55.2. The van der Waals surface area contributed by atoms with Gasteiger partial charge in [-0.2, -0.15) is 0 Å². The Morgan fingerprint density at radius 1 is 0.538 bits per heavy atom. The predicted molar refractivity (Wildman–Crippen MR) is 375 cm³/mol. The molecule has 93 heavy (non-hydrogen) atoms. The van der Waals surface area contributed by atoms with Crippen LogP contribution >= 0.6 is 0 Å². The minimum Gasteiger partial charge on any atom is -0.349 e. The van der Waals surface area contributed by atoms with Gasteiger partial charge >= 0.3 is 0 Å². The molecule has 3 aliphatic carbocycles. The highest BCUT2D eigenvalue weighted by molar-refractivity contribution is 7.88. The van der Waals surface area contributed by atoms with Crippen LogP contribution in [0, 0.1) is 34.3 Å². The number of hydrogen-bond donors (Lipinski definition) is 3. The molecule has 0 radical (unpaired) electrons. The number of carbonyl (C=O) groups excluding carboxylic acids is 4. The van der Waals surface area contributed by atoms with Crippen molar-refractivity contribution in [3.05, 3.63) is 106 Å². The van der Waals surface area contributed by atoms with Crippen molar-refractivity contribution in [2.45, 2.75) is 238 Å². The van der Waals surface area contributed by atoms with Gasteiger partial charge in [0.2, 0.25) is 33.7 Å². The number of amides is 4. The molecular formula is C76H122F2N8O6S. The molecule has 5 saturated heterocycles. The highest BCUT2D eigenvalue weighted by atomic mass is 32.2. The van der Waals surface area contributed by atoms with Crippen molar-refractivity contribution in [3.63, 3.8) is 0 Å². The number of benzene rings is 3. The Morgan fingerprint density at radius 3 is 1.43 bits per heavy atom. The fourth-order valence-corrected chi connectivity index (χ4v) is 17.6. The lowest BCUT2D eigenvalue weighted by molar-refractivity contribution is -0.141. The lowest BCUT2D eigenvalue weighted by Gasteiger charge is -2.48. The van der Waals surface area contributed by atoms with Crippen LogP contribution in [0.2, 0.25) is 0 Å². The van der Waals surface area contributed by atoms with Gasteiger partial charge in [0.15, 0.2) is 0 Å². The first kappa shape index (κ1) is 72.5. The first-order chi connectivity index (χ1) is 43.9. The molecule has 8 aliphatic rings. The Labute approximate surface area is 562 Å². The average Bonchev–Trinajstić information content (AvgIpc) is 0.764. The van der Waals surface area contributed by atoms with Crippen molar-refractivity contribution in [2.24, 2.45) is 22.7 Å². The van der Waals surface area contributed by atoms with E-state index in [1.54, 1.807) is 36.9 Å². The van der Waals surface area contributed by atoms with E-state index in [2.05, 4.69) is 104 Å². The van der Waals surface area contributed by atoms with Gasteiger partial charge in [0.25, 0.3) is 0 Å². The van der Waals surface area contributed by atoms with E-state index in [0.29, 0.717) is 49.7 Å². The molecule has 3 aromatic rings. The summed E-state index contributed by atoms with van der Waals surface area (Å²) in [7, 11) is -3.19. The molecule has 3 spiro atoms. The van der Waals surface area contributed by atoms with Gasteiger partial charge in [-0.25, -0.2) is 21.9 Å². The Kier molecular flexibility index (Phi) is 23.9. The topological polar surface area (TPSA) is 155 Å². The van der Waals surface area contributed by atoms with E-state index >= 15 is 0 Å². The SMILES string of the molecule is CC(=O)N1CCC(C(=O)N[C@H]2CCC3(CCN(CCC(C)(C)C)CC3)c3cc(F)ccc32)CC1.CC(=O)N1CCCC[C@@H]1C(=O)N[C@H]1CCC2(CCN(CCC(C)(C)C)CC2)c2cc(F)ccc21.CC(C)CCN1CCC2(CC[C@H](NS(C)(=O)=O)c3ccccc32)CC1.[HH].[HH].[HH]. The Bertz CT molecular complexity index is 3170. The largest absolute Gasteiger partial charge is 0.349 e. The van der Waals surface area contributed by atoms with Gasteiger partial charge < -0.3 is 35.1 Å². The monoisotopic (exact) mass is 1310 g/mol. The van der Waals surface area contributed by atoms with Crippen molar-refractivity contribution >= 4 is 33.7 Å². The molecule has 522 valence electrons. The van der Waals surface area contributed by atoms with Crippen LogP contribution in [0.25, 0.3) is 0 Å². The van der Waals surface area contributed by atoms with Crippen LogP contribution in [0.15, 0.2) is 60.7 Å². The number of hydrogen-bond acceptors (Lipinski definition) is 9. The number of rotatable bonds is 13. The molecule has 5 fully saturated rings. The van der Waals surface area contributed by atoms with Crippen LogP contribution in [-0.4, -0.2) is 147 Å². The standard InChI is InChI=1S/2C28H42FN3O2.C20H32N2O2S.3H2/c1-20(33)32-14-8-21(9-15-32)26(34)30-25-7-10-28(24-19-22(29)5-6-23(24)25)12-17-31(18-13-28)16-11-27(2,3)4;1-20(33)32-15-6-5-7-25(32)26(34)30-24-10-11-28(23-19-21(29)8-9-22(23)24)13-17-31(18-14-28)16-12-27(2,3)4;1-16(2)9-13-22-14-11-20(12-15-22)10-8-19(21-25(3,23)24)17-6-4-5-7-18(17)20;;;/h5-6,19,21,25H,7-18H2,1-4H3,(H,30,34);8-9,19,24-25H,5-7,10-18H2,1-4H3,(H,30,34);4-7,16,19,21H,8-15H2,1-3H3;3*1H/t25-;24-,25+;19-;;;/m000.../s1. The third-order valence-corrected chi connectivity index (χ3v) is 23.6. The van der Waals surface area contributed by atoms with Crippen molar-refractivity contribution in [2.75, 3.05) is 84.8 Å². The summed E-state index contributed by atoms with van der Waals surface area (Å²) in [4.78, 5) is 61.3. The maximum absolute atomic E-state index is 14.4. The lowest BCUT2D eigenvalue weighted by Crippen LogP contribution is -2.53. The third kappa shape index (κ3) is 18.9.